The van der Waals surface area contributed by atoms with Crippen LogP contribution in [-0.2, 0) is 9.53 Å². The SMILES string of the molecule is CCCCCC(CCC)C(=O)OC(C)(C)C.Cl. The van der Waals surface area contributed by atoms with Crippen LogP contribution in [0.5, 0.6) is 0 Å². The molecule has 104 valence electrons. The topological polar surface area (TPSA) is 26.3 Å². The van der Waals surface area contributed by atoms with Crippen LogP contribution in [0.2, 0.25) is 0 Å². The molecule has 0 aliphatic carbocycles. The maximum absolute atomic E-state index is 11.9. The van der Waals surface area contributed by atoms with Gasteiger partial charge in [0.2, 0.25) is 0 Å². The Labute approximate surface area is 113 Å². The van der Waals surface area contributed by atoms with Gasteiger partial charge in [0.1, 0.15) is 5.60 Å². The van der Waals surface area contributed by atoms with Gasteiger partial charge in [-0.3, -0.25) is 4.79 Å². The van der Waals surface area contributed by atoms with Crippen LogP contribution in [0.25, 0.3) is 0 Å². The molecule has 3 heteroatoms. The highest BCUT2D eigenvalue weighted by atomic mass is 35.5. The van der Waals surface area contributed by atoms with Crippen molar-refractivity contribution in [1.82, 2.24) is 0 Å². The Balaban J connectivity index is 0. The number of halogens is 1. The first kappa shape index (κ1) is 19.1. The molecular formula is C14H29ClO2. The summed E-state index contributed by atoms with van der Waals surface area (Å²) in [6, 6.07) is 0. The van der Waals surface area contributed by atoms with Gasteiger partial charge in [-0.25, -0.2) is 0 Å². The van der Waals surface area contributed by atoms with Crippen molar-refractivity contribution < 1.29 is 9.53 Å². The lowest BCUT2D eigenvalue weighted by Gasteiger charge is -2.23. The minimum absolute atomic E-state index is 0. The Kier molecular flexibility index (Phi) is 11.0. The Bertz CT molecular complexity index is 197. The molecule has 0 rings (SSSR count). The summed E-state index contributed by atoms with van der Waals surface area (Å²) in [4.78, 5) is 11.9. The van der Waals surface area contributed by atoms with Gasteiger partial charge in [0.15, 0.2) is 0 Å². The summed E-state index contributed by atoms with van der Waals surface area (Å²) >= 11 is 0. The molecule has 1 atom stereocenters. The minimum Gasteiger partial charge on any atom is -0.460 e. The standard InChI is InChI=1S/C14H28O2.ClH/c1-6-8-9-11-12(10-7-2)13(15)16-14(3,4)5;/h12H,6-11H2,1-5H3;1H. The van der Waals surface area contributed by atoms with Crippen LogP contribution in [0.4, 0.5) is 0 Å². The average Bonchev–Trinajstić information content (AvgIpc) is 2.14. The van der Waals surface area contributed by atoms with E-state index in [0.29, 0.717) is 0 Å². The smallest absolute Gasteiger partial charge is 0.309 e. The lowest BCUT2D eigenvalue weighted by Crippen LogP contribution is -2.28. The zero-order chi connectivity index (χ0) is 12.6. The number of esters is 1. The fraction of sp³-hybridized carbons (Fsp3) is 0.929. The van der Waals surface area contributed by atoms with Crippen LogP contribution in [0, 0.1) is 5.92 Å². The molecule has 0 heterocycles. The molecule has 1 unspecified atom stereocenters. The van der Waals surface area contributed by atoms with Crippen LogP contribution in [0.3, 0.4) is 0 Å². The Morgan fingerprint density at radius 3 is 2.06 bits per heavy atom. The van der Waals surface area contributed by atoms with Gasteiger partial charge < -0.3 is 4.74 Å². The van der Waals surface area contributed by atoms with Gasteiger partial charge in [-0.1, -0.05) is 39.5 Å². The summed E-state index contributed by atoms with van der Waals surface area (Å²) in [6.45, 7) is 10.1. The van der Waals surface area contributed by atoms with Crippen molar-refractivity contribution in [2.45, 2.75) is 78.7 Å². The van der Waals surface area contributed by atoms with Gasteiger partial charge in [0.25, 0.3) is 0 Å². The Morgan fingerprint density at radius 1 is 1.06 bits per heavy atom. The van der Waals surface area contributed by atoms with Gasteiger partial charge in [-0.15, -0.1) is 12.4 Å². The third kappa shape index (κ3) is 10.6. The maximum atomic E-state index is 11.9. The van der Waals surface area contributed by atoms with Crippen molar-refractivity contribution >= 4 is 18.4 Å². The van der Waals surface area contributed by atoms with Crippen molar-refractivity contribution in [2.75, 3.05) is 0 Å². The van der Waals surface area contributed by atoms with E-state index in [9.17, 15) is 4.79 Å². The predicted molar refractivity (Wildman–Crippen MR) is 75.6 cm³/mol. The van der Waals surface area contributed by atoms with Crippen LogP contribution in [0.15, 0.2) is 0 Å². The highest BCUT2D eigenvalue weighted by molar-refractivity contribution is 5.85. The summed E-state index contributed by atoms with van der Waals surface area (Å²) in [7, 11) is 0. The molecule has 0 aromatic carbocycles. The lowest BCUT2D eigenvalue weighted by atomic mass is 9.96. The van der Waals surface area contributed by atoms with E-state index in [-0.39, 0.29) is 29.9 Å². The fourth-order valence-electron chi connectivity index (χ4n) is 1.75. The van der Waals surface area contributed by atoms with E-state index in [1.807, 2.05) is 20.8 Å². The molecule has 0 radical (unpaired) electrons. The van der Waals surface area contributed by atoms with Gasteiger partial charge in [0, 0.05) is 0 Å². The van der Waals surface area contributed by atoms with E-state index < -0.39 is 0 Å². The molecule has 0 amide bonds. The molecule has 2 nitrogen and oxygen atoms in total. The quantitative estimate of drug-likeness (QED) is 0.490. The third-order valence-electron chi connectivity index (χ3n) is 2.53. The molecule has 17 heavy (non-hydrogen) atoms. The van der Waals surface area contributed by atoms with Crippen LogP contribution >= 0.6 is 12.4 Å². The number of hydrogen-bond acceptors (Lipinski definition) is 2. The summed E-state index contributed by atoms with van der Waals surface area (Å²) in [5, 5.41) is 0. The second-order valence-corrected chi connectivity index (χ2v) is 5.51. The zero-order valence-corrected chi connectivity index (χ0v) is 12.9. The molecule has 0 fully saturated rings. The molecule has 0 spiro atoms. The van der Waals surface area contributed by atoms with E-state index >= 15 is 0 Å². The predicted octanol–water partition coefficient (Wildman–Crippen LogP) is 4.75. The first-order chi connectivity index (χ1) is 7.40. The molecule has 0 aromatic rings. The van der Waals surface area contributed by atoms with E-state index in [4.69, 9.17) is 4.74 Å². The fourth-order valence-corrected chi connectivity index (χ4v) is 1.75. The molecular weight excluding hydrogens is 236 g/mol. The van der Waals surface area contributed by atoms with Crippen LogP contribution < -0.4 is 0 Å². The second-order valence-electron chi connectivity index (χ2n) is 5.51. The van der Waals surface area contributed by atoms with Crippen LogP contribution in [-0.4, -0.2) is 11.6 Å². The van der Waals surface area contributed by atoms with E-state index in [1.165, 1.54) is 12.8 Å². The molecule has 0 saturated carbocycles. The highest BCUT2D eigenvalue weighted by Crippen LogP contribution is 2.20. The van der Waals surface area contributed by atoms with E-state index in [0.717, 1.165) is 25.7 Å². The molecule has 0 saturated heterocycles. The van der Waals surface area contributed by atoms with Gasteiger partial charge in [-0.05, 0) is 33.6 Å². The highest BCUT2D eigenvalue weighted by Gasteiger charge is 2.23. The molecule has 0 N–H and O–H groups in total. The van der Waals surface area contributed by atoms with Crippen LogP contribution in [0.1, 0.15) is 73.1 Å². The zero-order valence-electron chi connectivity index (χ0n) is 12.0. The van der Waals surface area contributed by atoms with Gasteiger partial charge >= 0.3 is 5.97 Å². The second kappa shape index (κ2) is 9.76. The van der Waals surface area contributed by atoms with Gasteiger partial charge in [-0.2, -0.15) is 0 Å². The normalized spacial score (nSPS) is 12.8. The first-order valence-electron chi connectivity index (χ1n) is 6.63. The number of unbranched alkanes of at least 4 members (excludes halogenated alkanes) is 2. The van der Waals surface area contributed by atoms with Crippen molar-refractivity contribution in [2.24, 2.45) is 5.92 Å². The molecule has 0 aliphatic heterocycles. The van der Waals surface area contributed by atoms with Crippen molar-refractivity contribution in [3.63, 3.8) is 0 Å². The molecule has 0 aliphatic rings. The summed E-state index contributed by atoms with van der Waals surface area (Å²) in [5.74, 6) is 0.0984. The molecule has 0 bridgehead atoms. The average molecular weight is 265 g/mol. The van der Waals surface area contributed by atoms with Crippen molar-refractivity contribution in [3.05, 3.63) is 0 Å². The molecule has 0 aromatic heterocycles. The Hall–Kier alpha value is -0.240. The maximum Gasteiger partial charge on any atom is 0.309 e. The third-order valence-corrected chi connectivity index (χ3v) is 2.53. The Morgan fingerprint density at radius 2 is 1.65 bits per heavy atom. The monoisotopic (exact) mass is 264 g/mol. The number of rotatable bonds is 7. The number of hydrogen-bond donors (Lipinski definition) is 0. The summed E-state index contributed by atoms with van der Waals surface area (Å²) < 4.78 is 5.44. The largest absolute Gasteiger partial charge is 0.460 e. The lowest BCUT2D eigenvalue weighted by molar-refractivity contribution is -0.160. The van der Waals surface area contributed by atoms with Crippen molar-refractivity contribution in [1.29, 1.82) is 0 Å². The number of ether oxygens (including phenoxy) is 1. The van der Waals surface area contributed by atoms with Crippen molar-refractivity contribution in [3.8, 4) is 0 Å². The number of carbonyl (C=O) groups is 1. The van der Waals surface area contributed by atoms with E-state index in [2.05, 4.69) is 13.8 Å². The van der Waals surface area contributed by atoms with Gasteiger partial charge in [0.05, 0.1) is 5.92 Å². The summed E-state index contributed by atoms with van der Waals surface area (Å²) in [5.41, 5.74) is -0.353. The first-order valence-corrected chi connectivity index (χ1v) is 6.63. The number of carbonyl (C=O) groups excluding carboxylic acids is 1. The minimum atomic E-state index is -0.353. The van der Waals surface area contributed by atoms with E-state index in [1.54, 1.807) is 0 Å². The summed E-state index contributed by atoms with van der Waals surface area (Å²) in [6.07, 6.45) is 6.54.